The van der Waals surface area contributed by atoms with Gasteiger partial charge in [0.15, 0.2) is 0 Å². The molecule has 2 rings (SSSR count). The molecule has 1 aromatic rings. The Morgan fingerprint density at radius 3 is 2.00 bits per heavy atom. The van der Waals surface area contributed by atoms with Crippen LogP contribution in [0.2, 0.25) is 0 Å². The van der Waals surface area contributed by atoms with Crippen LogP contribution in [0.25, 0.3) is 0 Å². The van der Waals surface area contributed by atoms with Crippen molar-refractivity contribution in [1.82, 2.24) is 10.6 Å². The van der Waals surface area contributed by atoms with Gasteiger partial charge in [0.2, 0.25) is 0 Å². The van der Waals surface area contributed by atoms with Crippen LogP contribution in [0, 0.1) is 13.8 Å². The third-order valence-corrected chi connectivity index (χ3v) is 4.93. The summed E-state index contributed by atoms with van der Waals surface area (Å²) in [6.07, 6.45) is 1.57. The fourth-order valence-electron chi connectivity index (χ4n) is 3.95. The number of rotatable bonds is 2. The molecule has 0 aromatic heterocycles. The monoisotopic (exact) mass is 409 g/mol. The molecule has 1 fully saturated rings. The maximum Gasteiger partial charge on any atom is 0.313 e. The number of hydrogen-bond donors (Lipinski definition) is 3. The van der Waals surface area contributed by atoms with Crippen molar-refractivity contribution in [3.63, 3.8) is 0 Å². The highest BCUT2D eigenvalue weighted by atomic mass is 79.9. The normalized spacial score (nSPS) is 19.3. The zero-order valence-electron chi connectivity index (χ0n) is 15.8. The van der Waals surface area contributed by atoms with Crippen molar-refractivity contribution in [3.05, 3.63) is 27.7 Å². The lowest BCUT2D eigenvalue weighted by Gasteiger charge is -2.46. The Morgan fingerprint density at radius 2 is 1.52 bits per heavy atom. The number of benzene rings is 1. The Hall–Kier alpha value is -1.40. The maximum absolute atomic E-state index is 12.4. The summed E-state index contributed by atoms with van der Waals surface area (Å²) in [5, 5.41) is 9.22. The molecule has 0 unspecified atom stereocenters. The predicted octanol–water partition coefficient (Wildman–Crippen LogP) is 3.43. The van der Waals surface area contributed by atoms with E-state index in [9.17, 15) is 9.59 Å². The number of carbonyl (C=O) groups is 2. The highest BCUT2D eigenvalue weighted by Crippen LogP contribution is 2.28. The second-order valence-corrected chi connectivity index (χ2v) is 9.26. The lowest BCUT2D eigenvalue weighted by molar-refractivity contribution is -0.137. The molecule has 25 heavy (non-hydrogen) atoms. The summed E-state index contributed by atoms with van der Waals surface area (Å²) >= 11 is 3.43. The molecule has 0 aliphatic carbocycles. The average molecular weight is 410 g/mol. The smallest absolute Gasteiger partial charge is 0.313 e. The van der Waals surface area contributed by atoms with E-state index in [1.54, 1.807) is 0 Å². The van der Waals surface area contributed by atoms with Crippen molar-refractivity contribution in [2.75, 3.05) is 5.32 Å². The minimum Gasteiger partial charge on any atom is -0.345 e. The van der Waals surface area contributed by atoms with Gasteiger partial charge in [-0.15, -0.1) is 0 Å². The summed E-state index contributed by atoms with van der Waals surface area (Å²) in [6, 6.07) is 3.80. The summed E-state index contributed by atoms with van der Waals surface area (Å²) in [7, 11) is 0. The van der Waals surface area contributed by atoms with Crippen LogP contribution in [0.5, 0.6) is 0 Å². The van der Waals surface area contributed by atoms with Crippen molar-refractivity contribution in [1.29, 1.82) is 0 Å². The summed E-state index contributed by atoms with van der Waals surface area (Å²) < 4.78 is 0.948. The van der Waals surface area contributed by atoms with E-state index >= 15 is 0 Å². The first kappa shape index (κ1) is 19.9. The second-order valence-electron chi connectivity index (χ2n) is 8.34. The molecule has 0 bridgehead atoms. The van der Waals surface area contributed by atoms with Crippen LogP contribution < -0.4 is 16.0 Å². The van der Waals surface area contributed by atoms with Crippen LogP contribution in [-0.2, 0) is 9.59 Å². The number of piperidine rings is 1. The molecule has 0 spiro atoms. The largest absolute Gasteiger partial charge is 0.345 e. The number of halogens is 1. The number of amides is 2. The molecule has 1 saturated heterocycles. The first-order valence-electron chi connectivity index (χ1n) is 8.56. The van der Waals surface area contributed by atoms with E-state index in [0.29, 0.717) is 5.69 Å². The molecule has 5 nitrogen and oxygen atoms in total. The second kappa shape index (κ2) is 7.08. The van der Waals surface area contributed by atoms with Gasteiger partial charge in [-0.25, -0.2) is 0 Å². The number of nitrogens with one attached hydrogen (secondary N) is 3. The molecule has 2 amide bonds. The Bertz CT molecular complexity index is 659. The molecule has 138 valence electrons. The first-order valence-corrected chi connectivity index (χ1v) is 9.36. The topological polar surface area (TPSA) is 70.2 Å². The molecule has 1 aromatic carbocycles. The molecule has 3 N–H and O–H groups in total. The zero-order chi connectivity index (χ0) is 19.0. The van der Waals surface area contributed by atoms with E-state index in [2.05, 4.69) is 59.6 Å². The van der Waals surface area contributed by atoms with E-state index in [-0.39, 0.29) is 17.1 Å². The van der Waals surface area contributed by atoms with Crippen LogP contribution in [0.15, 0.2) is 16.6 Å². The zero-order valence-corrected chi connectivity index (χ0v) is 17.4. The van der Waals surface area contributed by atoms with Crippen LogP contribution >= 0.6 is 15.9 Å². The SMILES string of the molecule is Cc1cc(Br)cc(C)c1NC(=O)C(=O)NC1CC(C)(C)NC(C)(C)C1. The summed E-state index contributed by atoms with van der Waals surface area (Å²) in [6.45, 7) is 12.3. The Kier molecular flexibility index (Phi) is 5.64. The van der Waals surface area contributed by atoms with Crippen LogP contribution in [0.4, 0.5) is 5.69 Å². The highest BCUT2D eigenvalue weighted by molar-refractivity contribution is 9.10. The molecule has 0 radical (unpaired) electrons. The predicted molar refractivity (Wildman–Crippen MR) is 105 cm³/mol. The molecular formula is C19H28BrN3O2. The van der Waals surface area contributed by atoms with Gasteiger partial charge in [0, 0.05) is 27.3 Å². The third-order valence-electron chi connectivity index (χ3n) is 4.47. The van der Waals surface area contributed by atoms with Gasteiger partial charge in [-0.2, -0.15) is 0 Å². The molecule has 0 saturated carbocycles. The quantitative estimate of drug-likeness (QED) is 0.655. The highest BCUT2D eigenvalue weighted by Gasteiger charge is 2.38. The maximum atomic E-state index is 12.4. The molecule has 1 aliphatic heterocycles. The molecule has 0 atom stereocenters. The molecule has 1 aliphatic rings. The fraction of sp³-hybridized carbons (Fsp3) is 0.579. The minimum atomic E-state index is -0.623. The van der Waals surface area contributed by atoms with E-state index < -0.39 is 11.8 Å². The lowest BCUT2D eigenvalue weighted by atomic mass is 9.79. The van der Waals surface area contributed by atoms with E-state index in [0.717, 1.165) is 28.4 Å². The number of aryl methyl sites for hydroxylation is 2. The van der Waals surface area contributed by atoms with Gasteiger partial charge in [0.05, 0.1) is 0 Å². The molecule has 1 heterocycles. The van der Waals surface area contributed by atoms with Gasteiger partial charge in [0.25, 0.3) is 0 Å². The Labute approximate surface area is 158 Å². The molecular weight excluding hydrogens is 382 g/mol. The van der Waals surface area contributed by atoms with E-state index in [4.69, 9.17) is 0 Å². The first-order chi connectivity index (χ1) is 11.4. The molecule has 6 heteroatoms. The van der Waals surface area contributed by atoms with E-state index in [1.807, 2.05) is 26.0 Å². The van der Waals surface area contributed by atoms with Crippen molar-refractivity contribution in [3.8, 4) is 0 Å². The van der Waals surface area contributed by atoms with Gasteiger partial charge in [-0.05, 0) is 77.6 Å². The standard InChI is InChI=1S/C19H28BrN3O2/c1-11-7-13(20)8-12(2)15(11)22-17(25)16(24)21-14-9-18(3,4)23-19(5,6)10-14/h7-8,14,23H,9-10H2,1-6H3,(H,21,24)(H,22,25). The van der Waals surface area contributed by atoms with Gasteiger partial charge >= 0.3 is 11.8 Å². The van der Waals surface area contributed by atoms with Gasteiger partial charge in [-0.1, -0.05) is 15.9 Å². The summed E-state index contributed by atoms with van der Waals surface area (Å²) in [4.78, 5) is 24.7. The van der Waals surface area contributed by atoms with Crippen molar-refractivity contribution < 1.29 is 9.59 Å². The average Bonchev–Trinajstić information content (AvgIpc) is 2.38. The van der Waals surface area contributed by atoms with E-state index in [1.165, 1.54) is 0 Å². The van der Waals surface area contributed by atoms with Crippen molar-refractivity contribution >= 4 is 33.4 Å². The van der Waals surface area contributed by atoms with Gasteiger partial charge in [0.1, 0.15) is 0 Å². The van der Waals surface area contributed by atoms with Crippen LogP contribution in [0.1, 0.15) is 51.7 Å². The van der Waals surface area contributed by atoms with Crippen LogP contribution in [0.3, 0.4) is 0 Å². The van der Waals surface area contributed by atoms with Crippen molar-refractivity contribution in [2.45, 2.75) is 71.5 Å². The lowest BCUT2D eigenvalue weighted by Crippen LogP contribution is -2.62. The van der Waals surface area contributed by atoms with Crippen molar-refractivity contribution in [2.24, 2.45) is 0 Å². The summed E-state index contributed by atoms with van der Waals surface area (Å²) in [5.41, 5.74) is 2.34. The minimum absolute atomic E-state index is 0.0309. The van der Waals surface area contributed by atoms with Crippen LogP contribution in [-0.4, -0.2) is 28.9 Å². The Morgan fingerprint density at radius 1 is 1.04 bits per heavy atom. The number of hydrogen-bond acceptors (Lipinski definition) is 3. The Balaban J connectivity index is 2.05. The summed E-state index contributed by atoms with van der Waals surface area (Å²) in [5.74, 6) is -1.21. The van der Waals surface area contributed by atoms with Gasteiger partial charge in [-0.3, -0.25) is 9.59 Å². The number of carbonyl (C=O) groups excluding carboxylic acids is 2. The fourth-order valence-corrected chi connectivity index (χ4v) is 4.64. The third kappa shape index (κ3) is 5.28. The number of anilines is 1. The van der Waals surface area contributed by atoms with Gasteiger partial charge < -0.3 is 16.0 Å².